The van der Waals surface area contributed by atoms with Gasteiger partial charge in [0.1, 0.15) is 0 Å². The largest absolute Gasteiger partial charge is 0.397 e. The second-order valence-corrected chi connectivity index (χ2v) is 8.28. The van der Waals surface area contributed by atoms with Gasteiger partial charge in [0.15, 0.2) is 9.84 Å². The van der Waals surface area contributed by atoms with Gasteiger partial charge in [0, 0.05) is 12.6 Å². The fourth-order valence-corrected chi connectivity index (χ4v) is 2.99. The Morgan fingerprint density at radius 2 is 1.68 bits per heavy atom. The summed E-state index contributed by atoms with van der Waals surface area (Å²) in [6.07, 6.45) is 0.950. The maximum Gasteiger partial charge on any atom is 0.397 e. The van der Waals surface area contributed by atoms with Gasteiger partial charge in [0.2, 0.25) is 0 Å². The standard InChI is InChI=1S/C10H23NO6S2/c1-9(2)8-10(3)11-4-6-18(12,13)7-5-17-19(14,15)16/h9-11H,4-8H2,1-3H3,(H,14,15,16). The number of nitrogens with one attached hydrogen (secondary N) is 1. The molecule has 7 nitrogen and oxygen atoms in total. The third-order valence-electron chi connectivity index (χ3n) is 2.36. The molecule has 0 aliphatic carbocycles. The normalized spacial score (nSPS) is 14.8. The number of sulfone groups is 1. The predicted octanol–water partition coefficient (Wildman–Crippen LogP) is 0.245. The summed E-state index contributed by atoms with van der Waals surface area (Å²) in [7, 11) is -7.97. The molecule has 116 valence electrons. The molecular weight excluding hydrogens is 294 g/mol. The third kappa shape index (κ3) is 12.6. The SMILES string of the molecule is CC(C)CC(C)NCCS(=O)(=O)CCOS(=O)(=O)O. The Hall–Kier alpha value is -0.220. The van der Waals surface area contributed by atoms with Gasteiger partial charge in [-0.1, -0.05) is 13.8 Å². The van der Waals surface area contributed by atoms with E-state index in [1.165, 1.54) is 0 Å². The number of rotatable bonds is 10. The summed E-state index contributed by atoms with van der Waals surface area (Å²) in [4.78, 5) is 0. The molecule has 9 heteroatoms. The maximum atomic E-state index is 11.5. The van der Waals surface area contributed by atoms with Crippen LogP contribution in [0.5, 0.6) is 0 Å². The molecule has 0 saturated carbocycles. The van der Waals surface area contributed by atoms with Crippen molar-refractivity contribution in [3.8, 4) is 0 Å². The molecule has 0 aliphatic heterocycles. The first-order valence-corrected chi connectivity index (χ1v) is 9.26. The predicted molar refractivity (Wildman–Crippen MR) is 73.1 cm³/mol. The lowest BCUT2D eigenvalue weighted by molar-refractivity contribution is 0.284. The van der Waals surface area contributed by atoms with Gasteiger partial charge in [0.05, 0.1) is 18.1 Å². The average molecular weight is 317 g/mol. The Morgan fingerprint density at radius 3 is 2.16 bits per heavy atom. The van der Waals surface area contributed by atoms with Crippen molar-refractivity contribution in [2.45, 2.75) is 33.2 Å². The summed E-state index contributed by atoms with van der Waals surface area (Å²) in [6, 6.07) is 0.226. The van der Waals surface area contributed by atoms with E-state index in [4.69, 9.17) is 4.55 Å². The van der Waals surface area contributed by atoms with E-state index in [1.807, 2.05) is 6.92 Å². The van der Waals surface area contributed by atoms with Crippen molar-refractivity contribution >= 4 is 20.2 Å². The van der Waals surface area contributed by atoms with Crippen LogP contribution in [0, 0.1) is 5.92 Å². The first kappa shape index (κ1) is 18.8. The van der Waals surface area contributed by atoms with E-state index in [0.717, 1.165) is 6.42 Å². The van der Waals surface area contributed by atoms with E-state index >= 15 is 0 Å². The van der Waals surface area contributed by atoms with Crippen molar-refractivity contribution in [1.29, 1.82) is 0 Å². The highest BCUT2D eigenvalue weighted by Gasteiger charge is 2.14. The molecule has 1 atom stereocenters. The van der Waals surface area contributed by atoms with E-state index in [9.17, 15) is 16.8 Å². The fraction of sp³-hybridized carbons (Fsp3) is 1.00. The zero-order valence-corrected chi connectivity index (χ0v) is 13.1. The zero-order chi connectivity index (χ0) is 15.1. The Morgan fingerprint density at radius 1 is 1.11 bits per heavy atom. The fourth-order valence-electron chi connectivity index (χ4n) is 1.62. The van der Waals surface area contributed by atoms with E-state index in [2.05, 4.69) is 23.3 Å². The summed E-state index contributed by atoms with van der Waals surface area (Å²) in [5.41, 5.74) is 0. The van der Waals surface area contributed by atoms with Gasteiger partial charge in [-0.15, -0.1) is 0 Å². The van der Waals surface area contributed by atoms with E-state index < -0.39 is 32.6 Å². The molecule has 0 aromatic heterocycles. The van der Waals surface area contributed by atoms with Gasteiger partial charge in [-0.05, 0) is 19.3 Å². The van der Waals surface area contributed by atoms with E-state index in [0.29, 0.717) is 12.5 Å². The van der Waals surface area contributed by atoms with Crippen LogP contribution in [0.15, 0.2) is 0 Å². The van der Waals surface area contributed by atoms with Crippen LogP contribution in [-0.4, -0.2) is 52.1 Å². The summed E-state index contributed by atoms with van der Waals surface area (Å²) in [5, 5.41) is 3.09. The zero-order valence-electron chi connectivity index (χ0n) is 11.5. The smallest absolute Gasteiger partial charge is 0.313 e. The Bertz CT molecular complexity index is 443. The Balaban J connectivity index is 3.92. The molecule has 0 aromatic rings. The minimum Gasteiger partial charge on any atom is -0.313 e. The minimum atomic E-state index is -4.57. The van der Waals surface area contributed by atoms with Crippen LogP contribution in [0.25, 0.3) is 0 Å². The highest BCUT2D eigenvalue weighted by Crippen LogP contribution is 2.03. The van der Waals surface area contributed by atoms with Crippen LogP contribution < -0.4 is 5.32 Å². The number of hydrogen-bond acceptors (Lipinski definition) is 6. The van der Waals surface area contributed by atoms with Crippen LogP contribution >= 0.6 is 0 Å². The topological polar surface area (TPSA) is 110 Å². The van der Waals surface area contributed by atoms with Gasteiger partial charge >= 0.3 is 10.4 Å². The molecule has 0 aromatic carbocycles. The second kappa shape index (κ2) is 8.15. The highest BCUT2D eigenvalue weighted by molar-refractivity contribution is 7.91. The molecular formula is C10H23NO6S2. The lowest BCUT2D eigenvalue weighted by Crippen LogP contribution is -2.33. The number of hydrogen-bond donors (Lipinski definition) is 2. The van der Waals surface area contributed by atoms with E-state index in [1.54, 1.807) is 0 Å². The minimum absolute atomic E-state index is 0.0930. The molecule has 0 radical (unpaired) electrons. The van der Waals surface area contributed by atoms with Gasteiger partial charge in [0.25, 0.3) is 0 Å². The lowest BCUT2D eigenvalue weighted by Gasteiger charge is -2.15. The van der Waals surface area contributed by atoms with Gasteiger partial charge in [-0.25, -0.2) is 12.6 Å². The monoisotopic (exact) mass is 317 g/mol. The molecule has 0 aliphatic rings. The van der Waals surface area contributed by atoms with Crippen LogP contribution in [0.3, 0.4) is 0 Å². The van der Waals surface area contributed by atoms with Crippen LogP contribution in [-0.2, 0) is 24.4 Å². The lowest BCUT2D eigenvalue weighted by atomic mass is 10.1. The van der Waals surface area contributed by atoms with Crippen molar-refractivity contribution in [2.75, 3.05) is 24.7 Å². The quantitative estimate of drug-likeness (QED) is 0.555. The van der Waals surface area contributed by atoms with Crippen molar-refractivity contribution in [1.82, 2.24) is 5.32 Å². The summed E-state index contributed by atoms with van der Waals surface area (Å²) < 4.78 is 55.8. The Kier molecular flexibility index (Phi) is 8.06. The molecule has 0 bridgehead atoms. The maximum absolute atomic E-state index is 11.5. The molecule has 0 saturated heterocycles. The van der Waals surface area contributed by atoms with Crippen molar-refractivity contribution in [2.24, 2.45) is 5.92 Å². The molecule has 19 heavy (non-hydrogen) atoms. The van der Waals surface area contributed by atoms with Gasteiger partial charge < -0.3 is 5.32 Å². The van der Waals surface area contributed by atoms with Crippen molar-refractivity contribution in [3.63, 3.8) is 0 Å². The summed E-state index contributed by atoms with van der Waals surface area (Å²) in [6.45, 7) is 5.89. The van der Waals surface area contributed by atoms with Crippen LogP contribution in [0.1, 0.15) is 27.2 Å². The third-order valence-corrected chi connectivity index (χ3v) is 4.44. The highest BCUT2D eigenvalue weighted by atomic mass is 32.3. The van der Waals surface area contributed by atoms with Crippen LogP contribution in [0.2, 0.25) is 0 Å². The first-order chi connectivity index (χ1) is 8.52. The molecule has 2 N–H and O–H groups in total. The van der Waals surface area contributed by atoms with Gasteiger partial charge in [-0.3, -0.25) is 4.55 Å². The molecule has 0 amide bonds. The first-order valence-electron chi connectivity index (χ1n) is 6.07. The molecule has 0 spiro atoms. The second-order valence-electron chi connectivity index (χ2n) is 4.89. The van der Waals surface area contributed by atoms with Crippen molar-refractivity contribution in [3.05, 3.63) is 0 Å². The molecule has 0 heterocycles. The van der Waals surface area contributed by atoms with Crippen LogP contribution in [0.4, 0.5) is 0 Å². The van der Waals surface area contributed by atoms with Crippen molar-refractivity contribution < 1.29 is 25.6 Å². The molecule has 0 rings (SSSR count). The molecule has 1 unspecified atom stereocenters. The Labute approximate surface area is 115 Å². The summed E-state index contributed by atoms with van der Waals surface area (Å²) in [5.74, 6) is -0.000576. The van der Waals surface area contributed by atoms with Gasteiger partial charge in [-0.2, -0.15) is 8.42 Å². The average Bonchev–Trinajstić information content (AvgIpc) is 2.12. The summed E-state index contributed by atoms with van der Waals surface area (Å²) >= 11 is 0. The van der Waals surface area contributed by atoms with E-state index in [-0.39, 0.29) is 11.8 Å². The molecule has 0 fully saturated rings.